The molecule has 88 valence electrons. The first-order valence-corrected chi connectivity index (χ1v) is 5.73. The Labute approximate surface area is 103 Å². The highest BCUT2D eigenvalue weighted by Crippen LogP contribution is 2.16. The van der Waals surface area contributed by atoms with Gasteiger partial charge in [-0.05, 0) is 25.2 Å². The predicted molar refractivity (Wildman–Crippen MR) is 67.0 cm³/mol. The molecule has 3 nitrogen and oxygen atoms in total. The summed E-state index contributed by atoms with van der Waals surface area (Å²) in [4.78, 5) is 1.94. The number of nitrogens with two attached hydrogens (primary N) is 1. The SMILES string of the molecule is CN(CCC(=N)N)Cc1cc(Br)ccc1F. The molecule has 0 heterocycles. The number of halogens is 2. The molecule has 1 aromatic carbocycles. The normalized spacial score (nSPS) is 10.8. The standard InChI is InChI=1S/C11H15BrFN3/c1-16(5-4-11(14)15)7-8-6-9(12)2-3-10(8)13/h2-3,6H,4-5,7H2,1H3,(H3,14,15). The molecule has 0 aliphatic carbocycles. The smallest absolute Gasteiger partial charge is 0.127 e. The number of nitrogens with zero attached hydrogens (tertiary/aromatic N) is 1. The average molecular weight is 288 g/mol. The van der Waals surface area contributed by atoms with Crippen LogP contribution < -0.4 is 5.73 Å². The van der Waals surface area contributed by atoms with Crippen LogP contribution in [0.3, 0.4) is 0 Å². The molecule has 3 N–H and O–H groups in total. The van der Waals surface area contributed by atoms with E-state index in [-0.39, 0.29) is 11.7 Å². The van der Waals surface area contributed by atoms with E-state index in [0.717, 1.165) is 4.47 Å². The van der Waals surface area contributed by atoms with E-state index in [0.29, 0.717) is 25.1 Å². The van der Waals surface area contributed by atoms with E-state index in [1.54, 1.807) is 12.1 Å². The molecule has 0 fully saturated rings. The fourth-order valence-electron chi connectivity index (χ4n) is 1.35. The molecule has 0 atom stereocenters. The number of hydrogen-bond acceptors (Lipinski definition) is 2. The lowest BCUT2D eigenvalue weighted by Gasteiger charge is -2.16. The van der Waals surface area contributed by atoms with Crippen molar-refractivity contribution in [3.05, 3.63) is 34.1 Å². The Morgan fingerprint density at radius 1 is 1.56 bits per heavy atom. The summed E-state index contributed by atoms with van der Waals surface area (Å²) in [6, 6.07) is 4.88. The zero-order valence-corrected chi connectivity index (χ0v) is 10.7. The summed E-state index contributed by atoms with van der Waals surface area (Å²) in [6.45, 7) is 1.17. The first-order valence-electron chi connectivity index (χ1n) is 4.94. The maximum Gasteiger partial charge on any atom is 0.127 e. The van der Waals surface area contributed by atoms with Crippen LogP contribution in [-0.4, -0.2) is 24.3 Å². The van der Waals surface area contributed by atoms with Gasteiger partial charge in [0.05, 0.1) is 5.84 Å². The second-order valence-electron chi connectivity index (χ2n) is 3.75. The third-order valence-corrected chi connectivity index (χ3v) is 2.70. The predicted octanol–water partition coefficient (Wildman–Crippen LogP) is 2.35. The number of rotatable bonds is 5. The van der Waals surface area contributed by atoms with Crippen LogP contribution >= 0.6 is 15.9 Å². The van der Waals surface area contributed by atoms with Crippen molar-refractivity contribution in [3.63, 3.8) is 0 Å². The van der Waals surface area contributed by atoms with Gasteiger partial charge in [-0.2, -0.15) is 0 Å². The molecule has 0 bridgehead atoms. The molecular weight excluding hydrogens is 273 g/mol. The van der Waals surface area contributed by atoms with Crippen molar-refractivity contribution in [2.24, 2.45) is 5.73 Å². The summed E-state index contributed by atoms with van der Waals surface area (Å²) < 4.78 is 14.3. The summed E-state index contributed by atoms with van der Waals surface area (Å²) >= 11 is 3.31. The summed E-state index contributed by atoms with van der Waals surface area (Å²) in [6.07, 6.45) is 0.506. The molecule has 0 aromatic heterocycles. The summed E-state index contributed by atoms with van der Waals surface area (Å²) in [5.74, 6) is -0.0561. The van der Waals surface area contributed by atoms with Crippen molar-refractivity contribution in [3.8, 4) is 0 Å². The lowest BCUT2D eigenvalue weighted by molar-refractivity contribution is 0.330. The fraction of sp³-hybridized carbons (Fsp3) is 0.364. The van der Waals surface area contributed by atoms with Crippen molar-refractivity contribution in [2.75, 3.05) is 13.6 Å². The number of amidine groups is 1. The van der Waals surface area contributed by atoms with Gasteiger partial charge in [0, 0.05) is 29.5 Å². The van der Waals surface area contributed by atoms with E-state index in [1.807, 2.05) is 11.9 Å². The van der Waals surface area contributed by atoms with E-state index in [1.165, 1.54) is 6.07 Å². The van der Waals surface area contributed by atoms with Gasteiger partial charge in [0.1, 0.15) is 5.82 Å². The van der Waals surface area contributed by atoms with E-state index >= 15 is 0 Å². The van der Waals surface area contributed by atoms with Crippen LogP contribution in [0.15, 0.2) is 22.7 Å². The first kappa shape index (κ1) is 13.1. The van der Waals surface area contributed by atoms with Gasteiger partial charge in [0.2, 0.25) is 0 Å². The Hall–Kier alpha value is -0.940. The van der Waals surface area contributed by atoms with Gasteiger partial charge in [0.25, 0.3) is 0 Å². The third-order valence-electron chi connectivity index (χ3n) is 2.21. The highest BCUT2D eigenvalue weighted by molar-refractivity contribution is 9.10. The quantitative estimate of drug-likeness (QED) is 0.645. The van der Waals surface area contributed by atoms with Crippen molar-refractivity contribution < 1.29 is 4.39 Å². The Morgan fingerprint density at radius 2 is 2.25 bits per heavy atom. The van der Waals surface area contributed by atoms with Gasteiger partial charge in [-0.15, -0.1) is 0 Å². The molecule has 0 spiro atoms. The van der Waals surface area contributed by atoms with Crippen molar-refractivity contribution in [1.82, 2.24) is 4.90 Å². The minimum atomic E-state index is -0.210. The molecule has 0 aliphatic rings. The van der Waals surface area contributed by atoms with Crippen molar-refractivity contribution in [1.29, 1.82) is 5.41 Å². The first-order chi connectivity index (χ1) is 7.49. The minimum Gasteiger partial charge on any atom is -0.388 e. The molecule has 0 saturated heterocycles. The van der Waals surface area contributed by atoms with Gasteiger partial charge in [-0.1, -0.05) is 15.9 Å². The number of benzene rings is 1. The van der Waals surface area contributed by atoms with E-state index < -0.39 is 0 Å². The number of nitrogens with one attached hydrogen (secondary N) is 1. The monoisotopic (exact) mass is 287 g/mol. The molecule has 0 saturated carbocycles. The molecule has 0 unspecified atom stereocenters. The minimum absolute atomic E-state index is 0.154. The maximum atomic E-state index is 13.4. The molecule has 16 heavy (non-hydrogen) atoms. The van der Waals surface area contributed by atoms with Gasteiger partial charge in [-0.25, -0.2) is 4.39 Å². The van der Waals surface area contributed by atoms with Crippen LogP contribution in [0.1, 0.15) is 12.0 Å². The Bertz CT molecular complexity index is 381. The van der Waals surface area contributed by atoms with Crippen molar-refractivity contribution in [2.45, 2.75) is 13.0 Å². The zero-order chi connectivity index (χ0) is 12.1. The van der Waals surface area contributed by atoms with Crippen LogP contribution in [0.4, 0.5) is 4.39 Å². The summed E-state index contributed by atoms with van der Waals surface area (Å²) in [5, 5.41) is 7.11. The second kappa shape index (κ2) is 5.96. The van der Waals surface area contributed by atoms with Crippen LogP contribution in [-0.2, 0) is 6.54 Å². The fourth-order valence-corrected chi connectivity index (χ4v) is 1.75. The Morgan fingerprint density at radius 3 is 2.88 bits per heavy atom. The van der Waals surface area contributed by atoms with E-state index in [9.17, 15) is 4.39 Å². The van der Waals surface area contributed by atoms with Crippen LogP contribution in [0.25, 0.3) is 0 Å². The molecule has 0 amide bonds. The third kappa shape index (κ3) is 4.28. The Balaban J connectivity index is 2.58. The van der Waals surface area contributed by atoms with Gasteiger partial charge >= 0.3 is 0 Å². The van der Waals surface area contributed by atoms with Gasteiger partial charge < -0.3 is 10.6 Å². The van der Waals surface area contributed by atoms with Crippen LogP contribution in [0, 0.1) is 11.2 Å². The van der Waals surface area contributed by atoms with E-state index in [4.69, 9.17) is 11.1 Å². The Kier molecular flexibility index (Phi) is 4.89. The lowest BCUT2D eigenvalue weighted by Crippen LogP contribution is -2.24. The van der Waals surface area contributed by atoms with Crippen molar-refractivity contribution >= 4 is 21.8 Å². The van der Waals surface area contributed by atoms with Gasteiger partial charge in [0.15, 0.2) is 0 Å². The largest absolute Gasteiger partial charge is 0.388 e. The summed E-state index contributed by atoms with van der Waals surface area (Å²) in [5.41, 5.74) is 5.90. The molecule has 0 aliphatic heterocycles. The number of hydrogen-bond donors (Lipinski definition) is 2. The second-order valence-corrected chi connectivity index (χ2v) is 4.66. The van der Waals surface area contributed by atoms with E-state index in [2.05, 4.69) is 15.9 Å². The van der Waals surface area contributed by atoms with Crippen LogP contribution in [0.5, 0.6) is 0 Å². The lowest BCUT2D eigenvalue weighted by atomic mass is 10.2. The topological polar surface area (TPSA) is 53.1 Å². The average Bonchev–Trinajstić information content (AvgIpc) is 2.20. The molecular formula is C11H15BrFN3. The van der Waals surface area contributed by atoms with Crippen LogP contribution in [0.2, 0.25) is 0 Å². The highest BCUT2D eigenvalue weighted by Gasteiger charge is 2.06. The molecule has 1 rings (SSSR count). The molecule has 5 heteroatoms. The zero-order valence-electron chi connectivity index (χ0n) is 9.13. The molecule has 0 radical (unpaired) electrons. The van der Waals surface area contributed by atoms with Gasteiger partial charge in [-0.3, -0.25) is 5.41 Å². The molecule has 1 aromatic rings. The summed E-state index contributed by atoms with van der Waals surface area (Å²) in [7, 11) is 1.88. The highest BCUT2D eigenvalue weighted by atomic mass is 79.9. The maximum absolute atomic E-state index is 13.4.